The zero-order valence-corrected chi connectivity index (χ0v) is 9.71. The van der Waals surface area contributed by atoms with E-state index in [9.17, 15) is 4.79 Å². The number of hydrogen-bond donors (Lipinski definition) is 3. The number of rotatable bonds is 6. The molecule has 0 aromatic carbocycles. The zero-order chi connectivity index (χ0) is 11.8. The lowest BCUT2D eigenvalue weighted by molar-refractivity contribution is -0.119. The van der Waals surface area contributed by atoms with Crippen molar-refractivity contribution >= 4 is 17.5 Å². The van der Waals surface area contributed by atoms with Crippen molar-refractivity contribution in [3.05, 3.63) is 18.2 Å². The van der Waals surface area contributed by atoms with E-state index in [-0.39, 0.29) is 12.5 Å². The van der Waals surface area contributed by atoms with Gasteiger partial charge in [-0.05, 0) is 18.6 Å². The SMILES string of the molecule is CCCNC(=O)CNc1cccc(NC)n1. The quantitative estimate of drug-likeness (QED) is 0.673. The third-order valence-corrected chi connectivity index (χ3v) is 2.01. The summed E-state index contributed by atoms with van der Waals surface area (Å²) < 4.78 is 0. The van der Waals surface area contributed by atoms with Crippen LogP contribution in [0.25, 0.3) is 0 Å². The molecule has 5 heteroatoms. The number of nitrogens with one attached hydrogen (secondary N) is 3. The summed E-state index contributed by atoms with van der Waals surface area (Å²) in [6.45, 7) is 2.98. The molecular formula is C11H18N4O. The minimum atomic E-state index is -0.0153. The largest absolute Gasteiger partial charge is 0.373 e. The van der Waals surface area contributed by atoms with E-state index in [4.69, 9.17) is 0 Å². The molecule has 0 saturated carbocycles. The third kappa shape index (κ3) is 4.16. The van der Waals surface area contributed by atoms with E-state index in [1.807, 2.05) is 25.1 Å². The van der Waals surface area contributed by atoms with Gasteiger partial charge in [-0.15, -0.1) is 0 Å². The molecule has 0 bridgehead atoms. The van der Waals surface area contributed by atoms with Gasteiger partial charge in [0.1, 0.15) is 11.6 Å². The van der Waals surface area contributed by atoms with Crippen LogP contribution < -0.4 is 16.0 Å². The highest BCUT2D eigenvalue weighted by molar-refractivity contribution is 5.80. The van der Waals surface area contributed by atoms with E-state index in [2.05, 4.69) is 20.9 Å². The Bertz CT molecular complexity index is 341. The fourth-order valence-electron chi connectivity index (χ4n) is 1.17. The van der Waals surface area contributed by atoms with Gasteiger partial charge in [-0.3, -0.25) is 4.79 Å². The second-order valence-corrected chi connectivity index (χ2v) is 3.36. The lowest BCUT2D eigenvalue weighted by Gasteiger charge is -2.07. The van der Waals surface area contributed by atoms with Gasteiger partial charge in [0.25, 0.3) is 0 Å². The van der Waals surface area contributed by atoms with Crippen molar-refractivity contribution in [1.82, 2.24) is 10.3 Å². The van der Waals surface area contributed by atoms with Gasteiger partial charge in [-0.25, -0.2) is 4.98 Å². The molecule has 1 heterocycles. The topological polar surface area (TPSA) is 66.1 Å². The van der Waals surface area contributed by atoms with Crippen LogP contribution >= 0.6 is 0 Å². The monoisotopic (exact) mass is 222 g/mol. The van der Waals surface area contributed by atoms with Crippen molar-refractivity contribution in [3.8, 4) is 0 Å². The molecule has 0 atom stereocenters. The summed E-state index contributed by atoms with van der Waals surface area (Å²) in [5, 5.41) is 8.69. The average molecular weight is 222 g/mol. The van der Waals surface area contributed by atoms with Crippen molar-refractivity contribution in [1.29, 1.82) is 0 Å². The highest BCUT2D eigenvalue weighted by atomic mass is 16.1. The maximum Gasteiger partial charge on any atom is 0.239 e. The molecule has 1 rings (SSSR count). The molecule has 16 heavy (non-hydrogen) atoms. The molecule has 0 aliphatic rings. The molecule has 1 aromatic rings. The molecule has 0 aliphatic heterocycles. The first kappa shape index (κ1) is 12.3. The number of carbonyl (C=O) groups excluding carboxylic acids is 1. The minimum Gasteiger partial charge on any atom is -0.373 e. The van der Waals surface area contributed by atoms with Crippen LogP contribution in [-0.4, -0.2) is 31.0 Å². The number of amides is 1. The maximum atomic E-state index is 11.3. The Morgan fingerprint density at radius 3 is 2.81 bits per heavy atom. The first-order chi connectivity index (χ1) is 7.76. The van der Waals surface area contributed by atoms with E-state index in [1.165, 1.54) is 0 Å². The van der Waals surface area contributed by atoms with Crippen LogP contribution in [0.5, 0.6) is 0 Å². The van der Waals surface area contributed by atoms with Gasteiger partial charge in [0.05, 0.1) is 6.54 Å². The molecule has 88 valence electrons. The van der Waals surface area contributed by atoms with Gasteiger partial charge >= 0.3 is 0 Å². The number of hydrogen-bond acceptors (Lipinski definition) is 4. The third-order valence-electron chi connectivity index (χ3n) is 2.01. The van der Waals surface area contributed by atoms with Crippen LogP contribution in [0, 0.1) is 0 Å². The summed E-state index contributed by atoms with van der Waals surface area (Å²) in [4.78, 5) is 15.6. The summed E-state index contributed by atoms with van der Waals surface area (Å²) in [5.41, 5.74) is 0. The number of carbonyl (C=O) groups is 1. The second-order valence-electron chi connectivity index (χ2n) is 3.36. The van der Waals surface area contributed by atoms with Crippen LogP contribution in [-0.2, 0) is 4.79 Å². The van der Waals surface area contributed by atoms with Crippen molar-refractivity contribution < 1.29 is 4.79 Å². The highest BCUT2D eigenvalue weighted by Gasteiger charge is 2.00. The standard InChI is InChI=1S/C11H18N4O/c1-3-7-13-11(16)8-14-10-6-4-5-9(12-2)15-10/h4-6H,3,7-8H2,1-2H3,(H,13,16)(H2,12,14,15). The van der Waals surface area contributed by atoms with Crippen LogP contribution in [0.15, 0.2) is 18.2 Å². The Labute approximate surface area is 95.7 Å². The fraction of sp³-hybridized carbons (Fsp3) is 0.455. The zero-order valence-electron chi connectivity index (χ0n) is 9.71. The van der Waals surface area contributed by atoms with Crippen molar-refractivity contribution in [2.45, 2.75) is 13.3 Å². The molecule has 0 unspecified atom stereocenters. The van der Waals surface area contributed by atoms with Crippen LogP contribution in [0.3, 0.4) is 0 Å². The van der Waals surface area contributed by atoms with E-state index in [0.717, 1.165) is 12.2 Å². The molecule has 5 nitrogen and oxygen atoms in total. The fourth-order valence-corrected chi connectivity index (χ4v) is 1.17. The van der Waals surface area contributed by atoms with Gasteiger partial charge in [-0.2, -0.15) is 0 Å². The molecule has 0 aliphatic carbocycles. The molecule has 1 aromatic heterocycles. The summed E-state index contributed by atoms with van der Waals surface area (Å²) in [5.74, 6) is 1.45. The Morgan fingerprint density at radius 2 is 2.12 bits per heavy atom. The second kappa shape index (κ2) is 6.66. The molecule has 0 fully saturated rings. The molecular weight excluding hydrogens is 204 g/mol. The van der Waals surface area contributed by atoms with Crippen molar-refractivity contribution in [2.24, 2.45) is 0 Å². The van der Waals surface area contributed by atoms with E-state index < -0.39 is 0 Å². The van der Waals surface area contributed by atoms with Crippen LogP contribution in [0.2, 0.25) is 0 Å². The molecule has 0 radical (unpaired) electrons. The van der Waals surface area contributed by atoms with Gasteiger partial charge in [0.2, 0.25) is 5.91 Å². The summed E-state index contributed by atoms with van der Waals surface area (Å²) in [7, 11) is 1.81. The van der Waals surface area contributed by atoms with E-state index in [0.29, 0.717) is 12.4 Å². The number of nitrogens with zero attached hydrogens (tertiary/aromatic N) is 1. The molecule has 0 saturated heterocycles. The van der Waals surface area contributed by atoms with Gasteiger partial charge < -0.3 is 16.0 Å². The van der Waals surface area contributed by atoms with Crippen molar-refractivity contribution in [2.75, 3.05) is 30.8 Å². The highest BCUT2D eigenvalue weighted by Crippen LogP contribution is 2.07. The summed E-state index contributed by atoms with van der Waals surface area (Å²) in [6.07, 6.45) is 0.944. The Hall–Kier alpha value is -1.78. The first-order valence-corrected chi connectivity index (χ1v) is 5.41. The first-order valence-electron chi connectivity index (χ1n) is 5.41. The van der Waals surface area contributed by atoms with Crippen LogP contribution in [0.1, 0.15) is 13.3 Å². The minimum absolute atomic E-state index is 0.0153. The van der Waals surface area contributed by atoms with E-state index in [1.54, 1.807) is 7.05 Å². The lowest BCUT2D eigenvalue weighted by atomic mass is 10.4. The summed E-state index contributed by atoms with van der Waals surface area (Å²) >= 11 is 0. The predicted molar refractivity (Wildman–Crippen MR) is 65.6 cm³/mol. The van der Waals surface area contributed by atoms with Crippen LogP contribution in [0.4, 0.5) is 11.6 Å². The van der Waals surface area contributed by atoms with Gasteiger partial charge in [-0.1, -0.05) is 13.0 Å². The summed E-state index contributed by atoms with van der Waals surface area (Å²) in [6, 6.07) is 5.57. The molecule has 0 spiro atoms. The Balaban J connectivity index is 2.38. The number of anilines is 2. The van der Waals surface area contributed by atoms with Gasteiger partial charge in [0, 0.05) is 13.6 Å². The predicted octanol–water partition coefficient (Wildman–Crippen LogP) is 1.06. The maximum absolute atomic E-state index is 11.3. The molecule has 3 N–H and O–H groups in total. The number of pyridine rings is 1. The van der Waals surface area contributed by atoms with E-state index >= 15 is 0 Å². The Kier molecular flexibility index (Phi) is 5.11. The van der Waals surface area contributed by atoms with Crippen molar-refractivity contribution in [3.63, 3.8) is 0 Å². The van der Waals surface area contributed by atoms with Gasteiger partial charge in [0.15, 0.2) is 0 Å². The Morgan fingerprint density at radius 1 is 1.38 bits per heavy atom. The molecule has 1 amide bonds. The average Bonchev–Trinajstić information content (AvgIpc) is 2.34. The lowest BCUT2D eigenvalue weighted by Crippen LogP contribution is -2.30. The normalized spacial score (nSPS) is 9.62. The number of aromatic nitrogens is 1. The smallest absolute Gasteiger partial charge is 0.239 e.